The third kappa shape index (κ3) is 4.29. The Morgan fingerprint density at radius 3 is 2.70 bits per heavy atom. The number of amides is 2. The van der Waals surface area contributed by atoms with E-state index in [9.17, 15) is 4.79 Å². The number of carbonyl (C=O) groups excluding carboxylic acids is 1. The van der Waals surface area contributed by atoms with E-state index >= 15 is 0 Å². The van der Waals surface area contributed by atoms with Gasteiger partial charge < -0.3 is 15.0 Å². The van der Waals surface area contributed by atoms with Gasteiger partial charge in [0.05, 0.1) is 6.61 Å². The molecule has 1 saturated heterocycles. The van der Waals surface area contributed by atoms with E-state index in [2.05, 4.69) is 11.2 Å². The minimum atomic E-state index is -0.0285. The molecule has 1 heterocycles. The Morgan fingerprint density at radius 2 is 2.05 bits per heavy atom. The number of urea groups is 1. The molecule has 2 amide bonds. The van der Waals surface area contributed by atoms with Crippen LogP contribution in [0.5, 0.6) is 0 Å². The van der Waals surface area contributed by atoms with Crippen LogP contribution in [0.25, 0.3) is 0 Å². The van der Waals surface area contributed by atoms with Gasteiger partial charge in [-0.1, -0.05) is 24.1 Å². The molecule has 2 rings (SSSR count). The molecule has 4 heteroatoms. The van der Waals surface area contributed by atoms with Crippen LogP contribution < -0.4 is 5.32 Å². The molecule has 0 spiro atoms. The third-order valence-corrected chi connectivity index (χ3v) is 3.47. The molecule has 106 valence electrons. The summed E-state index contributed by atoms with van der Waals surface area (Å²) in [7, 11) is 0. The number of terminal acetylenes is 1. The van der Waals surface area contributed by atoms with Gasteiger partial charge in [-0.3, -0.25) is 0 Å². The van der Waals surface area contributed by atoms with Crippen LogP contribution in [0, 0.1) is 18.3 Å². The van der Waals surface area contributed by atoms with E-state index in [4.69, 9.17) is 11.2 Å². The number of benzene rings is 1. The van der Waals surface area contributed by atoms with Crippen molar-refractivity contribution in [2.24, 2.45) is 5.92 Å². The lowest BCUT2D eigenvalue weighted by molar-refractivity contribution is 0.0932. The number of ether oxygens (including phenoxy) is 1. The second kappa shape index (κ2) is 7.56. The Morgan fingerprint density at radius 1 is 1.35 bits per heavy atom. The first-order chi connectivity index (χ1) is 9.79. The van der Waals surface area contributed by atoms with Gasteiger partial charge in [0.2, 0.25) is 0 Å². The number of carbonyl (C=O) groups is 1. The highest BCUT2D eigenvalue weighted by Crippen LogP contribution is 2.18. The first-order valence-electron chi connectivity index (χ1n) is 6.92. The maximum Gasteiger partial charge on any atom is 0.321 e. The molecule has 1 aromatic carbocycles. The molecule has 1 N–H and O–H groups in total. The summed E-state index contributed by atoms with van der Waals surface area (Å²) in [5.41, 5.74) is 0.831. The molecule has 4 nitrogen and oxygen atoms in total. The molecule has 0 aromatic heterocycles. The van der Waals surface area contributed by atoms with E-state index in [0.29, 0.717) is 19.1 Å². The van der Waals surface area contributed by atoms with Crippen molar-refractivity contribution in [3.63, 3.8) is 0 Å². The van der Waals surface area contributed by atoms with Gasteiger partial charge in [0.25, 0.3) is 0 Å². The van der Waals surface area contributed by atoms with Crippen molar-refractivity contribution >= 4 is 11.7 Å². The lowest BCUT2D eigenvalue weighted by atomic mass is 9.98. The fourth-order valence-electron chi connectivity index (χ4n) is 2.31. The van der Waals surface area contributed by atoms with Crippen LogP contribution in [0.4, 0.5) is 10.5 Å². The van der Waals surface area contributed by atoms with Crippen LogP contribution in [-0.4, -0.2) is 37.2 Å². The van der Waals surface area contributed by atoms with Crippen molar-refractivity contribution in [2.75, 3.05) is 31.6 Å². The molecule has 0 saturated carbocycles. The monoisotopic (exact) mass is 272 g/mol. The van der Waals surface area contributed by atoms with Gasteiger partial charge in [-0.25, -0.2) is 4.79 Å². The number of nitrogens with one attached hydrogen (secondary N) is 1. The Balaban J connectivity index is 1.73. The van der Waals surface area contributed by atoms with Gasteiger partial charge in [-0.2, -0.15) is 0 Å². The zero-order valence-electron chi connectivity index (χ0n) is 11.5. The van der Waals surface area contributed by atoms with Crippen LogP contribution in [0.3, 0.4) is 0 Å². The van der Waals surface area contributed by atoms with Gasteiger partial charge in [0.15, 0.2) is 0 Å². The predicted octanol–water partition coefficient (Wildman–Crippen LogP) is 2.58. The Kier molecular flexibility index (Phi) is 5.45. The predicted molar refractivity (Wildman–Crippen MR) is 79.4 cm³/mol. The van der Waals surface area contributed by atoms with E-state index < -0.39 is 0 Å². The highest BCUT2D eigenvalue weighted by atomic mass is 16.5. The van der Waals surface area contributed by atoms with Crippen LogP contribution in [-0.2, 0) is 4.74 Å². The smallest absolute Gasteiger partial charge is 0.321 e. The minimum Gasteiger partial charge on any atom is -0.369 e. The number of hydrogen-bond acceptors (Lipinski definition) is 2. The van der Waals surface area contributed by atoms with Crippen molar-refractivity contribution < 1.29 is 9.53 Å². The standard InChI is InChI=1S/C16H20N2O2/c1-2-12-20-13-14-8-10-18(11-9-14)16(19)17-15-6-4-3-5-7-15/h1,3-7,14H,8-13H2,(H,17,19). The molecule has 1 fully saturated rings. The summed E-state index contributed by atoms with van der Waals surface area (Å²) in [6.45, 7) is 2.60. The maximum absolute atomic E-state index is 12.1. The Hall–Kier alpha value is -1.99. The minimum absolute atomic E-state index is 0.0285. The molecule has 1 aliphatic heterocycles. The van der Waals surface area contributed by atoms with Crippen LogP contribution in [0.15, 0.2) is 30.3 Å². The summed E-state index contributed by atoms with van der Waals surface area (Å²) < 4.78 is 5.36. The molecule has 0 aliphatic carbocycles. The normalized spacial score (nSPS) is 15.7. The largest absolute Gasteiger partial charge is 0.369 e. The summed E-state index contributed by atoms with van der Waals surface area (Å²) in [4.78, 5) is 13.9. The zero-order valence-corrected chi connectivity index (χ0v) is 11.5. The van der Waals surface area contributed by atoms with Crippen LogP contribution in [0.1, 0.15) is 12.8 Å². The quantitative estimate of drug-likeness (QED) is 0.676. The fraction of sp³-hybridized carbons (Fsp3) is 0.438. The van der Waals surface area contributed by atoms with Crippen molar-refractivity contribution in [2.45, 2.75) is 12.8 Å². The molecule has 0 bridgehead atoms. The number of nitrogens with zero attached hydrogens (tertiary/aromatic N) is 1. The highest BCUT2D eigenvalue weighted by molar-refractivity contribution is 5.89. The van der Waals surface area contributed by atoms with Crippen molar-refractivity contribution in [3.05, 3.63) is 30.3 Å². The lowest BCUT2D eigenvalue weighted by Gasteiger charge is -2.31. The van der Waals surface area contributed by atoms with E-state index in [-0.39, 0.29) is 6.03 Å². The van der Waals surface area contributed by atoms with Crippen LogP contribution >= 0.6 is 0 Å². The Bertz CT molecular complexity index is 459. The summed E-state index contributed by atoms with van der Waals surface area (Å²) in [6.07, 6.45) is 7.07. The summed E-state index contributed by atoms with van der Waals surface area (Å²) in [5, 5.41) is 2.91. The molecular formula is C16H20N2O2. The fourth-order valence-corrected chi connectivity index (χ4v) is 2.31. The molecule has 0 radical (unpaired) electrons. The molecule has 20 heavy (non-hydrogen) atoms. The zero-order chi connectivity index (χ0) is 14.2. The van der Waals surface area contributed by atoms with Gasteiger partial charge in [-0.05, 0) is 30.9 Å². The van der Waals surface area contributed by atoms with Gasteiger partial charge in [0.1, 0.15) is 6.61 Å². The van der Waals surface area contributed by atoms with Crippen molar-refractivity contribution in [1.82, 2.24) is 4.90 Å². The van der Waals surface area contributed by atoms with Crippen LogP contribution in [0.2, 0.25) is 0 Å². The molecule has 1 aliphatic rings. The molecule has 0 atom stereocenters. The second-order valence-electron chi connectivity index (χ2n) is 4.95. The van der Waals surface area contributed by atoms with E-state index in [1.54, 1.807) is 0 Å². The van der Waals surface area contributed by atoms with E-state index in [0.717, 1.165) is 31.6 Å². The third-order valence-electron chi connectivity index (χ3n) is 3.47. The first-order valence-corrected chi connectivity index (χ1v) is 6.92. The van der Waals surface area contributed by atoms with Crippen molar-refractivity contribution in [3.8, 4) is 12.3 Å². The number of para-hydroxylation sites is 1. The number of piperidine rings is 1. The number of likely N-dealkylation sites (tertiary alicyclic amines) is 1. The van der Waals surface area contributed by atoms with E-state index in [1.165, 1.54) is 0 Å². The second-order valence-corrected chi connectivity index (χ2v) is 4.95. The maximum atomic E-state index is 12.1. The molecular weight excluding hydrogens is 252 g/mol. The average molecular weight is 272 g/mol. The average Bonchev–Trinajstić information content (AvgIpc) is 2.49. The topological polar surface area (TPSA) is 41.6 Å². The van der Waals surface area contributed by atoms with Gasteiger partial charge in [-0.15, -0.1) is 6.42 Å². The SMILES string of the molecule is C#CCOCC1CCN(C(=O)Nc2ccccc2)CC1. The number of hydrogen-bond donors (Lipinski definition) is 1. The summed E-state index contributed by atoms with van der Waals surface area (Å²) in [6, 6.07) is 9.49. The first kappa shape index (κ1) is 14.4. The number of rotatable bonds is 4. The lowest BCUT2D eigenvalue weighted by Crippen LogP contribution is -2.41. The number of anilines is 1. The molecule has 1 aromatic rings. The van der Waals surface area contributed by atoms with Gasteiger partial charge in [0, 0.05) is 18.8 Å². The van der Waals surface area contributed by atoms with E-state index in [1.807, 2.05) is 35.2 Å². The highest BCUT2D eigenvalue weighted by Gasteiger charge is 2.22. The van der Waals surface area contributed by atoms with Gasteiger partial charge >= 0.3 is 6.03 Å². The summed E-state index contributed by atoms with van der Waals surface area (Å²) in [5.74, 6) is 2.97. The summed E-state index contributed by atoms with van der Waals surface area (Å²) >= 11 is 0. The Labute approximate surface area is 120 Å². The van der Waals surface area contributed by atoms with Crippen molar-refractivity contribution in [1.29, 1.82) is 0 Å². The molecule has 0 unspecified atom stereocenters.